The van der Waals surface area contributed by atoms with Gasteiger partial charge in [0.15, 0.2) is 5.17 Å². The van der Waals surface area contributed by atoms with Crippen LogP contribution >= 0.6 is 11.8 Å². The Balaban J connectivity index is 1.31. The molecule has 0 saturated carbocycles. The van der Waals surface area contributed by atoms with E-state index >= 15 is 0 Å². The molecule has 31 heavy (non-hydrogen) atoms. The SMILES string of the molecule is O=C(CC1SC(=Nc2cccc3ccccc23)NC1=O)Nc1cccc2ccccc12. The number of nitrogens with one attached hydrogen (secondary N) is 2. The summed E-state index contributed by atoms with van der Waals surface area (Å²) in [5.74, 6) is -0.396. The lowest BCUT2D eigenvalue weighted by Gasteiger charge is -2.10. The van der Waals surface area contributed by atoms with E-state index in [0.717, 1.165) is 32.9 Å². The summed E-state index contributed by atoms with van der Waals surface area (Å²) in [6.07, 6.45) is 0.0777. The zero-order chi connectivity index (χ0) is 21.2. The van der Waals surface area contributed by atoms with Crippen molar-refractivity contribution in [3.63, 3.8) is 0 Å². The van der Waals surface area contributed by atoms with E-state index in [9.17, 15) is 9.59 Å². The summed E-state index contributed by atoms with van der Waals surface area (Å²) in [4.78, 5) is 29.7. The lowest BCUT2D eigenvalue weighted by Crippen LogP contribution is -2.28. The standard InChI is InChI=1S/C25H19N3O2S/c29-23(26-20-13-5-9-16-7-1-3-11-18(16)20)15-22-24(30)28-25(31-22)27-21-14-6-10-17-8-2-4-12-19(17)21/h1-14,22H,15H2,(H,26,29)(H,27,28,30). The molecule has 0 aromatic heterocycles. The van der Waals surface area contributed by atoms with E-state index in [1.165, 1.54) is 11.8 Å². The van der Waals surface area contributed by atoms with E-state index < -0.39 is 5.25 Å². The Hall–Kier alpha value is -3.64. The van der Waals surface area contributed by atoms with Gasteiger partial charge in [0.25, 0.3) is 0 Å². The number of benzene rings is 4. The molecule has 6 heteroatoms. The molecule has 4 aromatic carbocycles. The van der Waals surface area contributed by atoms with E-state index in [2.05, 4.69) is 15.6 Å². The summed E-state index contributed by atoms with van der Waals surface area (Å²) in [6.45, 7) is 0. The van der Waals surface area contributed by atoms with Gasteiger partial charge in [0.1, 0.15) is 5.25 Å². The highest BCUT2D eigenvalue weighted by molar-refractivity contribution is 8.15. The molecule has 1 unspecified atom stereocenters. The van der Waals surface area contributed by atoms with Gasteiger partial charge in [-0.05, 0) is 22.9 Å². The van der Waals surface area contributed by atoms with Gasteiger partial charge >= 0.3 is 0 Å². The second kappa shape index (κ2) is 8.24. The molecule has 0 radical (unpaired) electrons. The van der Waals surface area contributed by atoms with Crippen LogP contribution in [0.5, 0.6) is 0 Å². The Morgan fingerprint density at radius 1 is 0.871 bits per heavy atom. The normalized spacial score (nSPS) is 17.2. The van der Waals surface area contributed by atoms with E-state index in [0.29, 0.717) is 5.17 Å². The predicted octanol–water partition coefficient (Wildman–Crippen LogP) is 5.24. The maximum absolute atomic E-state index is 12.7. The molecule has 2 amide bonds. The van der Waals surface area contributed by atoms with Crippen LogP contribution in [0, 0.1) is 0 Å². The van der Waals surface area contributed by atoms with Crippen molar-refractivity contribution in [3.05, 3.63) is 84.9 Å². The van der Waals surface area contributed by atoms with Crippen LogP contribution in [0.25, 0.3) is 21.5 Å². The average molecular weight is 426 g/mol. The molecule has 5 rings (SSSR count). The minimum absolute atomic E-state index is 0.0777. The van der Waals surface area contributed by atoms with Crippen LogP contribution in [0.2, 0.25) is 0 Å². The topological polar surface area (TPSA) is 70.6 Å². The average Bonchev–Trinajstić information content (AvgIpc) is 3.12. The maximum Gasteiger partial charge on any atom is 0.240 e. The lowest BCUT2D eigenvalue weighted by atomic mass is 10.1. The second-order valence-corrected chi connectivity index (χ2v) is 8.48. The first-order chi connectivity index (χ1) is 15.2. The molecule has 1 atom stereocenters. The van der Waals surface area contributed by atoms with E-state index in [-0.39, 0.29) is 18.2 Å². The molecule has 1 saturated heterocycles. The number of carbonyl (C=O) groups is 2. The van der Waals surface area contributed by atoms with Crippen LogP contribution in [0.3, 0.4) is 0 Å². The van der Waals surface area contributed by atoms with Crippen LogP contribution in [-0.4, -0.2) is 22.2 Å². The Bertz CT molecular complexity index is 1340. The number of fused-ring (bicyclic) bond motifs is 2. The Morgan fingerprint density at radius 2 is 1.52 bits per heavy atom. The van der Waals surface area contributed by atoms with E-state index in [1.807, 2.05) is 84.9 Å². The number of hydrogen-bond acceptors (Lipinski definition) is 4. The Morgan fingerprint density at radius 3 is 2.32 bits per heavy atom. The third-order valence-electron chi connectivity index (χ3n) is 5.20. The van der Waals surface area contributed by atoms with Crippen molar-refractivity contribution in [2.75, 3.05) is 5.32 Å². The molecule has 1 heterocycles. The van der Waals surface area contributed by atoms with Gasteiger partial charge < -0.3 is 10.6 Å². The molecular formula is C25H19N3O2S. The summed E-state index contributed by atoms with van der Waals surface area (Å²) in [7, 11) is 0. The van der Waals surface area contributed by atoms with Crippen LogP contribution in [0.4, 0.5) is 11.4 Å². The molecule has 4 aromatic rings. The highest BCUT2D eigenvalue weighted by Crippen LogP contribution is 2.30. The summed E-state index contributed by atoms with van der Waals surface area (Å²) in [5, 5.41) is 9.90. The van der Waals surface area contributed by atoms with Crippen LogP contribution in [0.15, 0.2) is 89.9 Å². The zero-order valence-electron chi connectivity index (χ0n) is 16.5. The van der Waals surface area contributed by atoms with Crippen LogP contribution in [0.1, 0.15) is 6.42 Å². The summed E-state index contributed by atoms with van der Waals surface area (Å²) in [5.41, 5.74) is 1.54. The largest absolute Gasteiger partial charge is 0.325 e. The molecular weight excluding hydrogens is 406 g/mol. The van der Waals surface area contributed by atoms with E-state index in [1.54, 1.807) is 0 Å². The monoisotopic (exact) mass is 425 g/mol. The van der Waals surface area contributed by atoms with Crippen molar-refractivity contribution in [1.29, 1.82) is 0 Å². The Labute approximate surface area is 183 Å². The molecule has 0 aliphatic carbocycles. The number of hydrogen-bond donors (Lipinski definition) is 2. The van der Waals surface area contributed by atoms with Crippen LogP contribution < -0.4 is 10.6 Å². The number of nitrogens with zero attached hydrogens (tertiary/aromatic N) is 1. The van der Waals surface area contributed by atoms with Gasteiger partial charge in [-0.15, -0.1) is 0 Å². The number of rotatable bonds is 4. The zero-order valence-corrected chi connectivity index (χ0v) is 17.4. The quantitative estimate of drug-likeness (QED) is 0.470. The third kappa shape index (κ3) is 4.02. The van der Waals surface area contributed by atoms with E-state index in [4.69, 9.17) is 0 Å². The molecule has 152 valence electrons. The highest BCUT2D eigenvalue weighted by atomic mass is 32.2. The number of amidine groups is 1. The van der Waals surface area contributed by atoms with Gasteiger partial charge in [0.2, 0.25) is 11.8 Å². The fourth-order valence-corrected chi connectivity index (χ4v) is 4.69. The van der Waals surface area contributed by atoms with Crippen molar-refractivity contribution in [1.82, 2.24) is 5.32 Å². The third-order valence-corrected chi connectivity index (χ3v) is 6.28. The fourth-order valence-electron chi connectivity index (χ4n) is 3.71. The highest BCUT2D eigenvalue weighted by Gasteiger charge is 2.32. The number of aliphatic imine (C=N–C) groups is 1. The van der Waals surface area contributed by atoms with Crippen molar-refractivity contribution < 1.29 is 9.59 Å². The maximum atomic E-state index is 12.7. The van der Waals surface area contributed by atoms with Gasteiger partial charge in [-0.25, -0.2) is 4.99 Å². The minimum Gasteiger partial charge on any atom is -0.325 e. The van der Waals surface area contributed by atoms with Crippen molar-refractivity contribution in [2.45, 2.75) is 11.7 Å². The summed E-state index contributed by atoms with van der Waals surface area (Å²) in [6, 6.07) is 27.5. The molecule has 0 spiro atoms. The van der Waals surface area contributed by atoms with Crippen molar-refractivity contribution >= 4 is 61.7 Å². The molecule has 0 bridgehead atoms. The van der Waals surface area contributed by atoms with Gasteiger partial charge in [-0.2, -0.15) is 0 Å². The van der Waals surface area contributed by atoms with Gasteiger partial charge in [-0.3, -0.25) is 9.59 Å². The molecule has 2 N–H and O–H groups in total. The van der Waals surface area contributed by atoms with Gasteiger partial charge in [0, 0.05) is 22.9 Å². The van der Waals surface area contributed by atoms with Crippen LogP contribution in [-0.2, 0) is 9.59 Å². The van der Waals surface area contributed by atoms with Crippen molar-refractivity contribution in [2.24, 2.45) is 4.99 Å². The molecule has 5 nitrogen and oxygen atoms in total. The Kier molecular flexibility index (Phi) is 5.14. The molecule has 1 aliphatic heterocycles. The van der Waals surface area contributed by atoms with Gasteiger partial charge in [0.05, 0.1) is 5.69 Å². The number of carbonyl (C=O) groups excluding carboxylic acids is 2. The number of thioether (sulfide) groups is 1. The number of amides is 2. The summed E-state index contributed by atoms with van der Waals surface area (Å²) >= 11 is 1.29. The first-order valence-corrected chi connectivity index (χ1v) is 10.9. The van der Waals surface area contributed by atoms with Crippen molar-refractivity contribution in [3.8, 4) is 0 Å². The predicted molar refractivity (Wildman–Crippen MR) is 128 cm³/mol. The smallest absolute Gasteiger partial charge is 0.240 e. The molecule has 1 aliphatic rings. The van der Waals surface area contributed by atoms with Gasteiger partial charge in [-0.1, -0.05) is 84.6 Å². The first kappa shape index (κ1) is 19.3. The lowest BCUT2D eigenvalue weighted by molar-refractivity contribution is -0.122. The number of anilines is 1. The summed E-state index contributed by atoms with van der Waals surface area (Å²) < 4.78 is 0. The minimum atomic E-state index is -0.510. The fraction of sp³-hybridized carbons (Fsp3) is 0.0800. The molecule has 1 fully saturated rings. The first-order valence-electron chi connectivity index (χ1n) is 9.99. The second-order valence-electron chi connectivity index (χ2n) is 7.29.